The lowest BCUT2D eigenvalue weighted by Crippen LogP contribution is -2.35. The summed E-state index contributed by atoms with van der Waals surface area (Å²) in [6.45, 7) is 13.2. The van der Waals surface area contributed by atoms with Crippen LogP contribution in [-0.4, -0.2) is 23.2 Å². The fourth-order valence-corrected chi connectivity index (χ4v) is 2.78. The van der Waals surface area contributed by atoms with Crippen LogP contribution in [-0.2, 0) is 0 Å². The molecule has 2 heterocycles. The van der Waals surface area contributed by atoms with E-state index >= 15 is 0 Å². The van der Waals surface area contributed by atoms with E-state index in [1.165, 1.54) is 19.3 Å². The first-order chi connectivity index (χ1) is 8.85. The van der Waals surface area contributed by atoms with Gasteiger partial charge in [-0.3, -0.25) is 0 Å². The van der Waals surface area contributed by atoms with Crippen LogP contribution in [0.3, 0.4) is 0 Å². The van der Waals surface area contributed by atoms with E-state index in [9.17, 15) is 0 Å². The second-order valence-electron chi connectivity index (χ2n) is 7.29. The Morgan fingerprint density at radius 2 is 1.89 bits per heavy atom. The third-order valence-corrected chi connectivity index (χ3v) is 3.73. The summed E-state index contributed by atoms with van der Waals surface area (Å²) in [5.41, 5.74) is 0.433. The molecule has 0 bridgehead atoms. The molecule has 0 unspecified atom stereocenters. The molecule has 1 aromatic rings. The summed E-state index contributed by atoms with van der Waals surface area (Å²) in [4.78, 5) is 6.72. The fraction of sp³-hybridized carbons (Fsp3) is 0.867. The van der Waals surface area contributed by atoms with Gasteiger partial charge in [0.15, 0.2) is 5.82 Å². The van der Waals surface area contributed by atoms with Gasteiger partial charge in [0, 0.05) is 19.0 Å². The molecule has 0 N–H and O–H groups in total. The molecule has 4 nitrogen and oxygen atoms in total. The molecule has 0 atom stereocenters. The van der Waals surface area contributed by atoms with Crippen molar-refractivity contribution in [3.8, 4) is 0 Å². The summed E-state index contributed by atoms with van der Waals surface area (Å²) in [7, 11) is 0. The monoisotopic (exact) mass is 265 g/mol. The van der Waals surface area contributed by atoms with E-state index in [0.29, 0.717) is 17.3 Å². The van der Waals surface area contributed by atoms with E-state index in [1.807, 2.05) is 0 Å². The minimum Gasteiger partial charge on any atom is -0.324 e. The molecule has 0 spiro atoms. The largest absolute Gasteiger partial charge is 0.324 e. The molecule has 1 aromatic heterocycles. The molecule has 0 saturated carbocycles. The van der Waals surface area contributed by atoms with E-state index in [2.05, 4.69) is 49.7 Å². The molecule has 0 amide bonds. The third-order valence-electron chi connectivity index (χ3n) is 3.73. The Morgan fingerprint density at radius 3 is 2.37 bits per heavy atom. The van der Waals surface area contributed by atoms with Crippen LogP contribution in [0, 0.1) is 11.3 Å². The zero-order valence-corrected chi connectivity index (χ0v) is 12.9. The van der Waals surface area contributed by atoms with Crippen molar-refractivity contribution in [3.05, 3.63) is 5.82 Å². The Labute approximate surface area is 116 Å². The molecule has 1 aliphatic rings. The quantitative estimate of drug-likeness (QED) is 0.832. The maximum absolute atomic E-state index is 5.37. The van der Waals surface area contributed by atoms with Gasteiger partial charge in [-0.05, 0) is 30.6 Å². The van der Waals surface area contributed by atoms with E-state index in [0.717, 1.165) is 24.8 Å². The van der Waals surface area contributed by atoms with Crippen molar-refractivity contribution in [1.82, 2.24) is 10.1 Å². The highest BCUT2D eigenvalue weighted by molar-refractivity contribution is 5.26. The van der Waals surface area contributed by atoms with Crippen LogP contribution in [0.25, 0.3) is 0 Å². The summed E-state index contributed by atoms with van der Waals surface area (Å²) in [5.74, 6) is 1.98. The molecule has 0 aromatic carbocycles. The van der Waals surface area contributed by atoms with Gasteiger partial charge >= 0.3 is 6.01 Å². The number of anilines is 1. The lowest BCUT2D eigenvalue weighted by molar-refractivity contribution is 0.253. The number of aromatic nitrogens is 2. The van der Waals surface area contributed by atoms with Crippen molar-refractivity contribution < 1.29 is 4.52 Å². The highest BCUT2D eigenvalue weighted by Crippen LogP contribution is 2.32. The summed E-state index contributed by atoms with van der Waals surface area (Å²) in [6.07, 6.45) is 3.77. The smallest absolute Gasteiger partial charge is 0.324 e. The highest BCUT2D eigenvalue weighted by Gasteiger charge is 2.26. The van der Waals surface area contributed by atoms with E-state index < -0.39 is 0 Å². The van der Waals surface area contributed by atoms with Crippen LogP contribution >= 0.6 is 0 Å². The molecular formula is C15H27N3O. The van der Waals surface area contributed by atoms with Crippen molar-refractivity contribution in [1.29, 1.82) is 0 Å². The van der Waals surface area contributed by atoms with Gasteiger partial charge in [-0.2, -0.15) is 4.98 Å². The first kappa shape index (κ1) is 14.4. The first-order valence-electron chi connectivity index (χ1n) is 7.44. The molecule has 1 saturated heterocycles. The molecule has 0 radical (unpaired) electrons. The van der Waals surface area contributed by atoms with Crippen LogP contribution in [0.4, 0.5) is 6.01 Å². The maximum atomic E-state index is 5.37. The van der Waals surface area contributed by atoms with Gasteiger partial charge in [-0.1, -0.05) is 39.8 Å². The topological polar surface area (TPSA) is 42.2 Å². The number of nitrogens with zero attached hydrogens (tertiary/aromatic N) is 3. The van der Waals surface area contributed by atoms with Crippen LogP contribution in [0.1, 0.15) is 65.6 Å². The number of hydrogen-bond donors (Lipinski definition) is 0. The van der Waals surface area contributed by atoms with Gasteiger partial charge in [0.1, 0.15) is 0 Å². The fourth-order valence-electron chi connectivity index (χ4n) is 2.78. The normalized spacial score (nSPS) is 18.3. The summed E-state index contributed by atoms with van der Waals surface area (Å²) >= 11 is 0. The molecule has 4 heteroatoms. The number of hydrogen-bond acceptors (Lipinski definition) is 4. The molecule has 0 aliphatic carbocycles. The van der Waals surface area contributed by atoms with Crippen LogP contribution in [0.15, 0.2) is 4.52 Å². The summed E-state index contributed by atoms with van der Waals surface area (Å²) in [6, 6.07) is 0.706. The Kier molecular flexibility index (Phi) is 4.16. The average Bonchev–Trinajstić information content (AvgIpc) is 2.77. The van der Waals surface area contributed by atoms with Crippen molar-refractivity contribution in [2.45, 2.75) is 59.8 Å². The van der Waals surface area contributed by atoms with Gasteiger partial charge in [0.2, 0.25) is 0 Å². The Balaban J connectivity index is 1.89. The predicted molar refractivity (Wildman–Crippen MR) is 77.4 cm³/mol. The van der Waals surface area contributed by atoms with Gasteiger partial charge in [-0.15, -0.1) is 0 Å². The maximum Gasteiger partial charge on any atom is 0.324 e. The van der Waals surface area contributed by atoms with Crippen LogP contribution < -0.4 is 4.90 Å². The molecular weight excluding hydrogens is 238 g/mol. The molecule has 1 fully saturated rings. The highest BCUT2D eigenvalue weighted by atomic mass is 16.5. The predicted octanol–water partition coefficient (Wildman–Crippen LogP) is 3.85. The lowest BCUT2D eigenvalue weighted by atomic mass is 9.80. The van der Waals surface area contributed by atoms with E-state index in [-0.39, 0.29) is 0 Å². The minimum atomic E-state index is 0.330. The standard InChI is InChI=1S/C15H27N3O/c1-11(2)13-16-14(19-17-13)18-8-6-12(7-9-18)10-15(3,4)5/h11-12H,6-10H2,1-5H3. The number of rotatable bonds is 3. The van der Waals surface area contributed by atoms with Crippen LogP contribution in [0.5, 0.6) is 0 Å². The summed E-state index contributed by atoms with van der Waals surface area (Å²) in [5, 5.41) is 4.04. The lowest BCUT2D eigenvalue weighted by Gasteiger charge is -2.33. The second kappa shape index (κ2) is 5.51. The third kappa shape index (κ3) is 3.95. The average molecular weight is 265 g/mol. The van der Waals surface area contributed by atoms with Crippen molar-refractivity contribution in [2.24, 2.45) is 11.3 Å². The molecule has 108 valence electrons. The zero-order valence-electron chi connectivity index (χ0n) is 12.9. The zero-order chi connectivity index (χ0) is 14.0. The van der Waals surface area contributed by atoms with E-state index in [1.54, 1.807) is 0 Å². The van der Waals surface area contributed by atoms with Gasteiger partial charge in [0.05, 0.1) is 0 Å². The second-order valence-corrected chi connectivity index (χ2v) is 7.29. The molecule has 19 heavy (non-hydrogen) atoms. The molecule has 1 aliphatic heterocycles. The SMILES string of the molecule is CC(C)c1noc(N2CCC(CC(C)(C)C)CC2)n1. The van der Waals surface area contributed by atoms with Gasteiger partial charge in [-0.25, -0.2) is 0 Å². The van der Waals surface area contributed by atoms with Crippen molar-refractivity contribution in [2.75, 3.05) is 18.0 Å². The Bertz CT molecular complexity index is 398. The van der Waals surface area contributed by atoms with E-state index in [4.69, 9.17) is 4.52 Å². The van der Waals surface area contributed by atoms with Crippen molar-refractivity contribution >= 4 is 6.01 Å². The number of piperidine rings is 1. The van der Waals surface area contributed by atoms with Crippen molar-refractivity contribution in [3.63, 3.8) is 0 Å². The first-order valence-corrected chi connectivity index (χ1v) is 7.44. The van der Waals surface area contributed by atoms with Crippen LogP contribution in [0.2, 0.25) is 0 Å². The van der Waals surface area contributed by atoms with Gasteiger partial charge < -0.3 is 9.42 Å². The molecule has 2 rings (SSSR count). The summed E-state index contributed by atoms with van der Waals surface area (Å²) < 4.78 is 5.37. The Morgan fingerprint density at radius 1 is 1.26 bits per heavy atom. The Hall–Kier alpha value is -1.06. The van der Waals surface area contributed by atoms with Gasteiger partial charge in [0.25, 0.3) is 0 Å². The minimum absolute atomic E-state index is 0.330.